The Hall–Kier alpha value is -5.19. The summed E-state index contributed by atoms with van der Waals surface area (Å²) in [6, 6.07) is 34.7. The molecule has 0 amide bonds. The van der Waals surface area contributed by atoms with Gasteiger partial charge in [0.05, 0.1) is 65.0 Å². The Bertz CT molecular complexity index is 2400. The highest BCUT2D eigenvalue weighted by Crippen LogP contribution is 2.46. The number of benzene rings is 5. The molecule has 2 aliphatic heterocycles. The summed E-state index contributed by atoms with van der Waals surface area (Å²) in [6.45, 7) is 10.2. The fraction of sp³-hybridized carbons (Fsp3) is 0.389. The Balaban J connectivity index is 1.13. The fourth-order valence-corrected chi connectivity index (χ4v) is 8.88. The zero-order chi connectivity index (χ0) is 48.9. The number of carbonyl (C=O) groups excluding carboxylic acids is 1. The highest BCUT2D eigenvalue weighted by molar-refractivity contribution is 6.39. The highest BCUT2D eigenvalue weighted by atomic mass is 35.5. The van der Waals surface area contributed by atoms with Crippen LogP contribution in [0.1, 0.15) is 58.4 Å². The summed E-state index contributed by atoms with van der Waals surface area (Å²) < 4.78 is 75.3. The third-order valence-corrected chi connectivity index (χ3v) is 12.7. The smallest absolute Gasteiger partial charge is 0.342 e. The summed E-state index contributed by atoms with van der Waals surface area (Å²) in [5.41, 5.74) is 4.08. The third-order valence-electron chi connectivity index (χ3n) is 12.0. The van der Waals surface area contributed by atoms with Gasteiger partial charge < -0.3 is 56.8 Å². The van der Waals surface area contributed by atoms with E-state index in [1.807, 2.05) is 116 Å². The number of esters is 1. The van der Waals surface area contributed by atoms with Crippen LogP contribution in [-0.2, 0) is 64.3 Å². The summed E-state index contributed by atoms with van der Waals surface area (Å²) in [6.07, 6.45) is -5.17. The maximum absolute atomic E-state index is 14.3. The van der Waals surface area contributed by atoms with Crippen molar-refractivity contribution >= 4 is 29.2 Å². The zero-order valence-corrected chi connectivity index (χ0v) is 41.2. The van der Waals surface area contributed by atoms with Crippen LogP contribution < -0.4 is 18.9 Å². The van der Waals surface area contributed by atoms with E-state index in [9.17, 15) is 4.79 Å². The van der Waals surface area contributed by atoms with Crippen LogP contribution in [0.2, 0.25) is 10.0 Å². The lowest BCUT2D eigenvalue weighted by atomic mass is 9.97. The molecule has 9 atom stereocenters. The minimum atomic E-state index is -0.908. The maximum Gasteiger partial charge on any atom is 0.342 e. The Morgan fingerprint density at radius 2 is 1.16 bits per heavy atom. The van der Waals surface area contributed by atoms with Crippen LogP contribution in [0.25, 0.3) is 0 Å². The van der Waals surface area contributed by atoms with Crippen LogP contribution >= 0.6 is 23.2 Å². The number of methoxy groups -OCH3 is 3. The molecule has 0 radical (unpaired) electrons. The summed E-state index contributed by atoms with van der Waals surface area (Å²) >= 11 is 13.7. The van der Waals surface area contributed by atoms with Gasteiger partial charge in [0.1, 0.15) is 53.1 Å². The molecule has 1 unspecified atom stereocenters. The molecule has 368 valence electrons. The number of hydrogen-bond donors (Lipinski definition) is 0. The van der Waals surface area contributed by atoms with E-state index in [-0.39, 0.29) is 66.6 Å². The van der Waals surface area contributed by atoms with Crippen LogP contribution in [0.15, 0.2) is 122 Å². The molecule has 0 saturated carbocycles. The molecule has 13 nitrogen and oxygen atoms in total. The monoisotopic (exact) mass is 986 g/mol. The third kappa shape index (κ3) is 13.2. The van der Waals surface area contributed by atoms with Crippen molar-refractivity contribution in [1.82, 2.24) is 0 Å². The summed E-state index contributed by atoms with van der Waals surface area (Å²) in [5, 5.41) is 0.182. The van der Waals surface area contributed by atoms with Gasteiger partial charge in [0.15, 0.2) is 30.2 Å². The average Bonchev–Trinajstić information content (AvgIpc) is 3.37. The normalized spacial score (nSPS) is 23.4. The van der Waals surface area contributed by atoms with Gasteiger partial charge in [-0.15, -0.1) is 6.58 Å². The van der Waals surface area contributed by atoms with E-state index in [4.69, 9.17) is 80.0 Å². The summed E-state index contributed by atoms with van der Waals surface area (Å²) in [5.74, 6) is 0.964. The van der Waals surface area contributed by atoms with Crippen molar-refractivity contribution in [2.75, 3.05) is 27.9 Å². The lowest BCUT2D eigenvalue weighted by Crippen LogP contribution is -2.61. The molecule has 15 heteroatoms. The largest absolute Gasteiger partial charge is 0.497 e. The zero-order valence-electron chi connectivity index (χ0n) is 39.7. The van der Waals surface area contributed by atoms with Gasteiger partial charge in [0.2, 0.25) is 0 Å². The van der Waals surface area contributed by atoms with E-state index in [0.29, 0.717) is 5.56 Å². The number of hydrogen-bond acceptors (Lipinski definition) is 13. The van der Waals surface area contributed by atoms with Crippen molar-refractivity contribution < 1.29 is 61.6 Å². The Labute approximate surface area is 414 Å². The lowest BCUT2D eigenvalue weighted by molar-refractivity contribution is -0.349. The van der Waals surface area contributed by atoms with Crippen molar-refractivity contribution in [2.45, 2.75) is 109 Å². The van der Waals surface area contributed by atoms with E-state index in [1.54, 1.807) is 34.1 Å². The molecule has 5 aromatic rings. The van der Waals surface area contributed by atoms with Crippen molar-refractivity contribution in [1.29, 1.82) is 0 Å². The second kappa shape index (κ2) is 25.1. The molecule has 0 aromatic heterocycles. The van der Waals surface area contributed by atoms with Gasteiger partial charge in [-0.25, -0.2) is 4.79 Å². The second-order valence-corrected chi connectivity index (χ2v) is 17.4. The molecule has 0 N–H and O–H groups in total. The average molecular weight is 988 g/mol. The van der Waals surface area contributed by atoms with Crippen molar-refractivity contribution in [3.63, 3.8) is 0 Å². The van der Waals surface area contributed by atoms with Gasteiger partial charge in [-0.3, -0.25) is 0 Å². The molecule has 0 spiro atoms. The first-order valence-electron chi connectivity index (χ1n) is 22.8. The first-order chi connectivity index (χ1) is 33.5. The molecule has 2 heterocycles. The number of rotatable bonds is 22. The van der Waals surface area contributed by atoms with Crippen LogP contribution in [-0.4, -0.2) is 89.2 Å². The van der Waals surface area contributed by atoms with Gasteiger partial charge in [-0.05, 0) is 72.9 Å². The minimum Gasteiger partial charge on any atom is -0.497 e. The predicted molar refractivity (Wildman–Crippen MR) is 260 cm³/mol. The van der Waals surface area contributed by atoms with Gasteiger partial charge in [-0.2, -0.15) is 0 Å². The molecule has 2 aliphatic rings. The molecule has 5 aromatic carbocycles. The lowest BCUT2D eigenvalue weighted by Gasteiger charge is -2.47. The first-order valence-corrected chi connectivity index (χ1v) is 23.5. The van der Waals surface area contributed by atoms with E-state index in [2.05, 4.69) is 6.58 Å². The van der Waals surface area contributed by atoms with Crippen LogP contribution in [0, 0.1) is 6.92 Å². The first kappa shape index (κ1) is 51.7. The van der Waals surface area contributed by atoms with E-state index < -0.39 is 61.3 Å². The van der Waals surface area contributed by atoms with Crippen LogP contribution in [0.3, 0.4) is 0 Å². The maximum atomic E-state index is 14.3. The van der Waals surface area contributed by atoms with Crippen molar-refractivity contribution in [3.05, 3.63) is 165 Å². The summed E-state index contributed by atoms with van der Waals surface area (Å²) in [4.78, 5) is 14.3. The Morgan fingerprint density at radius 3 is 1.72 bits per heavy atom. The molecule has 0 aliphatic carbocycles. The van der Waals surface area contributed by atoms with Gasteiger partial charge >= 0.3 is 5.97 Å². The van der Waals surface area contributed by atoms with E-state index in [1.165, 1.54) is 7.11 Å². The molecular formula is C54H60Cl2O13. The minimum absolute atomic E-state index is 0.0318. The second-order valence-electron chi connectivity index (χ2n) is 16.7. The van der Waals surface area contributed by atoms with Gasteiger partial charge in [0.25, 0.3) is 0 Å². The van der Waals surface area contributed by atoms with Crippen LogP contribution in [0.4, 0.5) is 0 Å². The fourth-order valence-electron chi connectivity index (χ4n) is 8.27. The number of halogens is 2. The number of carbonyl (C=O) groups is 1. The quantitative estimate of drug-likeness (QED) is 0.0483. The standard InChI is InChI=1S/C54H60Cl2O13/c1-8-27-61-42-28-43(66-34(3)47(42)69-53(57)44-33(2)45(55)50(46(56)49(44)60-7)62-29-36-15-11-9-12-16-36)68-48-35(4)67-54(65-32-39-21-25-41(59-6)26-22-39)52(51(48)63-30-37-17-13-10-14-18-37)64-31-38-19-23-40(58-5)24-20-38/h8-26,34-35,42-43,47-48,51-52,54H,1,27-32H2,2-7H3/t34-,35-,42-,43+,47-,48-,51+,52-,54?/m1/s1. The molecule has 2 saturated heterocycles. The molecule has 69 heavy (non-hydrogen) atoms. The molecule has 0 bridgehead atoms. The number of ether oxygens (including phenoxy) is 12. The summed E-state index contributed by atoms with van der Waals surface area (Å²) in [7, 11) is 4.66. The van der Waals surface area contributed by atoms with Gasteiger partial charge in [-0.1, -0.05) is 114 Å². The predicted octanol–water partition coefficient (Wildman–Crippen LogP) is 10.7. The topological polar surface area (TPSA) is 128 Å². The Morgan fingerprint density at radius 1 is 0.623 bits per heavy atom. The van der Waals surface area contributed by atoms with Gasteiger partial charge in [0, 0.05) is 6.42 Å². The Kier molecular flexibility index (Phi) is 18.8. The van der Waals surface area contributed by atoms with Crippen molar-refractivity contribution in [3.8, 4) is 23.0 Å². The van der Waals surface area contributed by atoms with Crippen LogP contribution in [0.5, 0.6) is 23.0 Å². The van der Waals surface area contributed by atoms with E-state index >= 15 is 0 Å². The van der Waals surface area contributed by atoms with Crippen molar-refractivity contribution in [2.24, 2.45) is 0 Å². The van der Waals surface area contributed by atoms with E-state index in [0.717, 1.165) is 33.8 Å². The molecule has 7 rings (SSSR count). The molecular weight excluding hydrogens is 927 g/mol. The SMILES string of the molecule is C=CCO[C@@H]1C[C@H](O[C@H]2[C@H](OCc3ccccc3)[C@@H](OCc3ccc(OC)cc3)C(OCc3ccc(OC)cc3)O[C@@H]2C)O[C@H](C)[C@H]1OC(=O)c1c(C)c(Cl)c(OCc2ccccc2)c(Cl)c1OC. The highest BCUT2D eigenvalue weighted by Gasteiger charge is 2.50. The molecule has 2 fully saturated rings.